The lowest BCUT2D eigenvalue weighted by Gasteiger charge is -2.08. The molecule has 0 aliphatic heterocycles. The van der Waals surface area contributed by atoms with E-state index < -0.39 is 21.7 Å². The summed E-state index contributed by atoms with van der Waals surface area (Å²) in [5.41, 5.74) is 0.964. The van der Waals surface area contributed by atoms with Crippen LogP contribution in [-0.2, 0) is 0 Å². The fourth-order valence-electron chi connectivity index (χ4n) is 3.37. The van der Waals surface area contributed by atoms with Crippen molar-refractivity contribution in [3.05, 3.63) is 92.0 Å². The van der Waals surface area contributed by atoms with Crippen LogP contribution < -0.4 is 10.6 Å². The van der Waals surface area contributed by atoms with Crippen molar-refractivity contribution in [3.63, 3.8) is 0 Å². The Labute approximate surface area is 208 Å². The molecule has 2 N–H and O–H groups in total. The lowest BCUT2D eigenvalue weighted by molar-refractivity contribution is -0.384. The van der Waals surface area contributed by atoms with Crippen LogP contribution in [0.25, 0.3) is 20.4 Å². The monoisotopic (exact) mass is 520 g/mol. The summed E-state index contributed by atoms with van der Waals surface area (Å²) in [5.74, 6) is -1.18. The minimum Gasteiger partial charge on any atom is -0.298 e. The molecule has 0 saturated heterocycles. The number of amides is 2. The van der Waals surface area contributed by atoms with E-state index in [1.807, 2.05) is 0 Å². The second-order valence-electron chi connectivity index (χ2n) is 7.31. The van der Waals surface area contributed by atoms with Crippen molar-refractivity contribution in [1.29, 1.82) is 0 Å². The Kier molecular flexibility index (Phi) is 5.79. The molecule has 0 spiro atoms. The maximum Gasteiger partial charge on any atom is 0.270 e. The summed E-state index contributed by atoms with van der Waals surface area (Å²) in [6.07, 6.45) is 0. The number of non-ortho nitro benzene ring substituents is 2. The molecule has 0 atom stereocenters. The van der Waals surface area contributed by atoms with Crippen molar-refractivity contribution >= 4 is 76.6 Å². The first kappa shape index (κ1) is 22.9. The van der Waals surface area contributed by atoms with Crippen molar-refractivity contribution in [2.45, 2.75) is 0 Å². The van der Waals surface area contributed by atoms with Crippen LogP contribution >= 0.6 is 22.7 Å². The molecule has 0 aliphatic carbocycles. The number of carbonyl (C=O) groups is 2. The molecule has 2 aromatic heterocycles. The van der Waals surface area contributed by atoms with Gasteiger partial charge in [0.25, 0.3) is 23.2 Å². The highest BCUT2D eigenvalue weighted by molar-refractivity contribution is 7.22. The van der Waals surface area contributed by atoms with Gasteiger partial charge in [-0.05, 0) is 24.3 Å². The number of fused-ring (bicyclic) bond motifs is 2. The SMILES string of the molecule is O=C(Nc1nc2ccc([N+](=O)[O-])cc2s1)c1ccccc1C(=O)Nc1nc2ccc([N+](=O)[O-])cc2s1. The number of carbonyl (C=O) groups excluding carboxylic acids is 2. The quantitative estimate of drug-likeness (QED) is 0.226. The molecule has 12 nitrogen and oxygen atoms in total. The van der Waals surface area contributed by atoms with Gasteiger partial charge in [-0.15, -0.1) is 0 Å². The van der Waals surface area contributed by atoms with Gasteiger partial charge in [-0.25, -0.2) is 9.97 Å². The van der Waals surface area contributed by atoms with E-state index in [1.165, 1.54) is 48.5 Å². The molecule has 5 aromatic rings. The summed E-state index contributed by atoms with van der Waals surface area (Å²) >= 11 is 2.14. The Morgan fingerprint density at radius 2 is 1.11 bits per heavy atom. The summed E-state index contributed by atoms with van der Waals surface area (Å²) in [6, 6.07) is 14.5. The van der Waals surface area contributed by atoms with Gasteiger partial charge in [0.05, 0.1) is 41.4 Å². The molecule has 0 aliphatic rings. The molecule has 36 heavy (non-hydrogen) atoms. The van der Waals surface area contributed by atoms with E-state index in [0.29, 0.717) is 20.4 Å². The Bertz CT molecular complexity index is 1590. The van der Waals surface area contributed by atoms with Crippen LogP contribution in [0.3, 0.4) is 0 Å². The van der Waals surface area contributed by atoms with Crippen molar-refractivity contribution < 1.29 is 19.4 Å². The molecule has 0 radical (unpaired) electrons. The number of nitrogens with zero attached hydrogens (tertiary/aromatic N) is 4. The summed E-state index contributed by atoms with van der Waals surface area (Å²) in [7, 11) is 0. The highest BCUT2D eigenvalue weighted by atomic mass is 32.1. The van der Waals surface area contributed by atoms with Crippen molar-refractivity contribution in [3.8, 4) is 0 Å². The zero-order valence-corrected chi connectivity index (χ0v) is 19.5. The number of aromatic nitrogens is 2. The van der Waals surface area contributed by atoms with Gasteiger partial charge < -0.3 is 0 Å². The van der Waals surface area contributed by atoms with E-state index in [0.717, 1.165) is 22.7 Å². The van der Waals surface area contributed by atoms with Crippen molar-refractivity contribution in [2.24, 2.45) is 0 Å². The molecule has 14 heteroatoms. The van der Waals surface area contributed by atoms with Crippen LogP contribution in [-0.4, -0.2) is 31.6 Å². The predicted molar refractivity (Wildman–Crippen MR) is 135 cm³/mol. The number of hydrogen-bond acceptors (Lipinski definition) is 10. The Hall–Kier alpha value is -4.82. The molecule has 0 saturated carbocycles. The zero-order valence-electron chi connectivity index (χ0n) is 17.8. The third-order valence-corrected chi connectivity index (χ3v) is 6.89. The zero-order chi connectivity index (χ0) is 25.4. The van der Waals surface area contributed by atoms with Gasteiger partial charge in [0, 0.05) is 24.3 Å². The Morgan fingerprint density at radius 1 is 0.694 bits per heavy atom. The average molecular weight is 521 g/mol. The van der Waals surface area contributed by atoms with Crippen LogP contribution in [0.5, 0.6) is 0 Å². The van der Waals surface area contributed by atoms with Crippen LogP contribution in [0, 0.1) is 20.2 Å². The van der Waals surface area contributed by atoms with E-state index in [2.05, 4.69) is 20.6 Å². The summed E-state index contributed by atoms with van der Waals surface area (Å²) < 4.78 is 1.06. The number of nitro benzene ring substituents is 2. The van der Waals surface area contributed by atoms with Crippen LogP contribution in [0.4, 0.5) is 21.6 Å². The van der Waals surface area contributed by atoms with Crippen molar-refractivity contribution in [2.75, 3.05) is 10.6 Å². The Morgan fingerprint density at radius 3 is 1.50 bits per heavy atom. The number of rotatable bonds is 6. The summed E-state index contributed by atoms with van der Waals surface area (Å²) in [6.45, 7) is 0. The normalized spacial score (nSPS) is 10.9. The average Bonchev–Trinajstić information content (AvgIpc) is 3.45. The van der Waals surface area contributed by atoms with E-state index in [9.17, 15) is 29.8 Å². The van der Waals surface area contributed by atoms with E-state index >= 15 is 0 Å². The molecule has 2 heterocycles. The fraction of sp³-hybridized carbons (Fsp3) is 0. The number of anilines is 2. The summed E-state index contributed by atoms with van der Waals surface area (Å²) in [4.78, 5) is 55.4. The minimum absolute atomic E-state index is 0.0805. The molecule has 5 rings (SSSR count). The highest BCUT2D eigenvalue weighted by Gasteiger charge is 2.20. The van der Waals surface area contributed by atoms with E-state index in [-0.39, 0.29) is 32.8 Å². The van der Waals surface area contributed by atoms with Crippen LogP contribution in [0.1, 0.15) is 20.7 Å². The van der Waals surface area contributed by atoms with Crippen molar-refractivity contribution in [1.82, 2.24) is 9.97 Å². The third-order valence-electron chi connectivity index (χ3n) is 5.02. The molecule has 0 fully saturated rings. The van der Waals surface area contributed by atoms with Gasteiger partial charge in [-0.3, -0.25) is 40.5 Å². The standard InChI is InChI=1S/C22H12N6O6S2/c29-19(25-21-23-15-7-5-11(27(31)32)9-17(15)35-21)13-3-1-2-4-14(13)20(30)26-22-24-16-8-6-12(28(33)34)10-18(16)36-22/h1-10H,(H,23,25,29)(H,24,26,30). The molecular formula is C22H12N6O6S2. The van der Waals surface area contributed by atoms with Gasteiger partial charge in [0.2, 0.25) is 0 Å². The maximum absolute atomic E-state index is 13.0. The summed E-state index contributed by atoms with van der Waals surface area (Å²) in [5, 5.41) is 27.7. The van der Waals surface area contributed by atoms with E-state index in [4.69, 9.17) is 0 Å². The molecule has 3 aromatic carbocycles. The third kappa shape index (κ3) is 4.45. The molecule has 2 amide bonds. The first-order chi connectivity index (χ1) is 17.3. The largest absolute Gasteiger partial charge is 0.298 e. The predicted octanol–water partition coefficient (Wildman–Crippen LogP) is 5.23. The lowest BCUT2D eigenvalue weighted by atomic mass is 10.1. The maximum atomic E-state index is 13.0. The smallest absolute Gasteiger partial charge is 0.270 e. The van der Waals surface area contributed by atoms with Crippen LogP contribution in [0.15, 0.2) is 60.7 Å². The number of nitrogens with one attached hydrogen (secondary N) is 2. The van der Waals surface area contributed by atoms with Gasteiger partial charge in [0.1, 0.15) is 0 Å². The number of hydrogen-bond donors (Lipinski definition) is 2. The van der Waals surface area contributed by atoms with Gasteiger partial charge in [-0.2, -0.15) is 0 Å². The minimum atomic E-state index is -0.589. The molecule has 0 unspecified atom stereocenters. The van der Waals surface area contributed by atoms with Gasteiger partial charge in [0.15, 0.2) is 10.3 Å². The highest BCUT2D eigenvalue weighted by Crippen LogP contribution is 2.31. The molecule has 0 bridgehead atoms. The second kappa shape index (κ2) is 9.09. The van der Waals surface area contributed by atoms with Gasteiger partial charge >= 0.3 is 0 Å². The van der Waals surface area contributed by atoms with E-state index in [1.54, 1.807) is 12.1 Å². The fourth-order valence-corrected chi connectivity index (χ4v) is 5.16. The first-order valence-corrected chi connectivity index (χ1v) is 11.7. The Balaban J connectivity index is 1.37. The lowest BCUT2D eigenvalue weighted by Crippen LogP contribution is -2.20. The second-order valence-corrected chi connectivity index (χ2v) is 9.37. The number of nitro groups is 2. The topological polar surface area (TPSA) is 170 Å². The molecule has 178 valence electrons. The first-order valence-electron chi connectivity index (χ1n) is 10.1. The molecular weight excluding hydrogens is 508 g/mol. The number of benzene rings is 3. The number of thiazole rings is 2. The van der Waals surface area contributed by atoms with Gasteiger partial charge in [-0.1, -0.05) is 34.8 Å². The van der Waals surface area contributed by atoms with Crippen LogP contribution in [0.2, 0.25) is 0 Å².